The fourth-order valence-electron chi connectivity index (χ4n) is 5.08. The third-order valence-corrected chi connectivity index (χ3v) is 6.93. The normalized spacial score (nSPS) is 22.0. The lowest BCUT2D eigenvalue weighted by Crippen LogP contribution is -2.50. The first-order valence-corrected chi connectivity index (χ1v) is 11.4. The lowest BCUT2D eigenvalue weighted by molar-refractivity contribution is 0.0958. The van der Waals surface area contributed by atoms with Crippen LogP contribution in [-0.2, 0) is 6.42 Å². The second kappa shape index (κ2) is 9.22. The smallest absolute Gasteiger partial charge is 0.269 e. The predicted octanol–water partition coefficient (Wildman–Crippen LogP) is 2.46. The van der Waals surface area contributed by atoms with Crippen molar-refractivity contribution in [2.75, 3.05) is 38.1 Å². The van der Waals surface area contributed by atoms with Crippen molar-refractivity contribution in [2.45, 2.75) is 51.5 Å². The van der Waals surface area contributed by atoms with Gasteiger partial charge in [-0.3, -0.25) is 14.5 Å². The Morgan fingerprint density at radius 2 is 1.94 bits per heavy atom. The van der Waals surface area contributed by atoms with Crippen molar-refractivity contribution in [2.24, 2.45) is 0 Å². The van der Waals surface area contributed by atoms with Gasteiger partial charge in [0.1, 0.15) is 5.69 Å². The van der Waals surface area contributed by atoms with E-state index in [1.165, 1.54) is 6.42 Å². The van der Waals surface area contributed by atoms with Crippen molar-refractivity contribution < 1.29 is 4.79 Å². The number of carbonyl (C=O) groups is 1. The van der Waals surface area contributed by atoms with Crippen LogP contribution in [0.5, 0.6) is 0 Å². The molecule has 1 aliphatic carbocycles. The number of hydrogen-bond donors (Lipinski definition) is 2. The minimum absolute atomic E-state index is 0.0727. The molecule has 0 radical (unpaired) electrons. The van der Waals surface area contributed by atoms with Gasteiger partial charge in [-0.05, 0) is 50.8 Å². The van der Waals surface area contributed by atoms with Crippen LogP contribution in [0.3, 0.4) is 0 Å². The predicted molar refractivity (Wildman–Crippen MR) is 123 cm³/mol. The van der Waals surface area contributed by atoms with Crippen molar-refractivity contribution >= 4 is 11.6 Å². The number of aromatic amines is 1. The van der Waals surface area contributed by atoms with Gasteiger partial charge in [0, 0.05) is 56.4 Å². The van der Waals surface area contributed by atoms with Crippen LogP contribution < -0.4 is 15.8 Å². The molecule has 2 aromatic heterocycles. The van der Waals surface area contributed by atoms with E-state index in [2.05, 4.69) is 31.2 Å². The molecule has 7 heteroatoms. The molecule has 2 atom stereocenters. The van der Waals surface area contributed by atoms with Crippen LogP contribution in [0.25, 0.3) is 0 Å². The van der Waals surface area contributed by atoms with Gasteiger partial charge in [-0.15, -0.1) is 0 Å². The summed E-state index contributed by atoms with van der Waals surface area (Å²) in [6, 6.07) is 8.51. The summed E-state index contributed by atoms with van der Waals surface area (Å²) >= 11 is 0. The number of H-pyrrole nitrogens is 1. The molecule has 1 amide bonds. The zero-order valence-electron chi connectivity index (χ0n) is 18.8. The molecule has 1 saturated carbocycles. The summed E-state index contributed by atoms with van der Waals surface area (Å²) in [5.74, 6) is 0.297. The first kappa shape index (κ1) is 21.6. The second-order valence-corrected chi connectivity index (χ2v) is 8.69. The molecule has 4 rings (SSSR count). The summed E-state index contributed by atoms with van der Waals surface area (Å²) in [6.45, 7) is 7.97. The van der Waals surface area contributed by atoms with Crippen LogP contribution in [0.2, 0.25) is 0 Å². The Morgan fingerprint density at radius 1 is 1.16 bits per heavy atom. The summed E-state index contributed by atoms with van der Waals surface area (Å²) in [5, 5.41) is 2.63. The molecule has 0 bridgehead atoms. The zero-order chi connectivity index (χ0) is 22.0. The molecule has 3 heterocycles. The number of nitrogens with zero attached hydrogens (tertiary/aromatic N) is 3. The van der Waals surface area contributed by atoms with E-state index in [9.17, 15) is 9.59 Å². The molecule has 0 unspecified atom stereocenters. The minimum atomic E-state index is -0.152. The Balaban J connectivity index is 1.35. The van der Waals surface area contributed by atoms with Gasteiger partial charge >= 0.3 is 0 Å². The number of amides is 1. The molecule has 0 spiro atoms. The van der Waals surface area contributed by atoms with E-state index >= 15 is 0 Å². The van der Waals surface area contributed by atoms with Crippen LogP contribution in [-0.4, -0.2) is 60.0 Å². The number of piperazine rings is 1. The van der Waals surface area contributed by atoms with Crippen LogP contribution in [0.15, 0.2) is 29.1 Å². The van der Waals surface area contributed by atoms with E-state index in [0.29, 0.717) is 17.7 Å². The van der Waals surface area contributed by atoms with Gasteiger partial charge in [-0.2, -0.15) is 0 Å². The highest BCUT2D eigenvalue weighted by molar-refractivity contribution is 5.92. The summed E-state index contributed by atoms with van der Waals surface area (Å²) in [6.07, 6.45) is 4.21. The molecule has 2 aliphatic rings. The van der Waals surface area contributed by atoms with Gasteiger partial charge in [0.2, 0.25) is 0 Å². The van der Waals surface area contributed by atoms with E-state index in [1.54, 1.807) is 13.1 Å². The molecule has 1 aliphatic heterocycles. The Labute approximate surface area is 183 Å². The number of anilines is 1. The molecule has 0 aromatic carbocycles. The lowest BCUT2D eigenvalue weighted by atomic mass is 10.0. The Bertz CT molecular complexity index is 994. The fraction of sp³-hybridized carbons (Fsp3) is 0.542. The highest BCUT2D eigenvalue weighted by Gasteiger charge is 2.32. The first-order chi connectivity index (χ1) is 15.0. The number of pyridine rings is 2. The average molecular weight is 424 g/mol. The van der Waals surface area contributed by atoms with Gasteiger partial charge in [-0.25, -0.2) is 4.98 Å². The molecule has 7 nitrogen and oxygen atoms in total. The molecular formula is C24H33N5O2. The van der Waals surface area contributed by atoms with Crippen LogP contribution >= 0.6 is 0 Å². The largest absolute Gasteiger partial charge is 0.368 e. The third kappa shape index (κ3) is 4.51. The summed E-state index contributed by atoms with van der Waals surface area (Å²) in [4.78, 5) is 36.6. The van der Waals surface area contributed by atoms with E-state index in [4.69, 9.17) is 0 Å². The fourth-order valence-corrected chi connectivity index (χ4v) is 5.08. The van der Waals surface area contributed by atoms with E-state index in [0.717, 1.165) is 68.1 Å². The number of aromatic nitrogens is 2. The quantitative estimate of drug-likeness (QED) is 0.772. The Hall–Kier alpha value is -2.67. The molecular weight excluding hydrogens is 390 g/mol. The second-order valence-electron chi connectivity index (χ2n) is 8.69. The Morgan fingerprint density at radius 3 is 2.58 bits per heavy atom. The standard InChI is InChI=1S/C24H33N5O2/c1-4-17-6-8-20(27-23(17)30)18-5-7-19(15-18)28-11-13-29(14-12-28)22-10-9-21(24(31)25-3)26-16(22)2/h6,8-10,18-19H,4-5,7,11-15H2,1-3H3,(H,25,31)(H,27,30)/t18-,19+/m1/s1. The highest BCUT2D eigenvalue weighted by atomic mass is 16.1. The maximum atomic E-state index is 12.2. The van der Waals surface area contributed by atoms with Gasteiger partial charge in [0.05, 0.1) is 11.4 Å². The molecule has 1 saturated heterocycles. The number of aryl methyl sites for hydroxylation is 2. The number of carbonyl (C=O) groups excluding carboxylic acids is 1. The molecule has 2 aromatic rings. The van der Waals surface area contributed by atoms with Crippen LogP contribution in [0.4, 0.5) is 5.69 Å². The van der Waals surface area contributed by atoms with Gasteiger partial charge in [0.25, 0.3) is 11.5 Å². The maximum Gasteiger partial charge on any atom is 0.269 e. The molecule has 166 valence electrons. The number of hydrogen-bond acceptors (Lipinski definition) is 5. The molecule has 2 fully saturated rings. The van der Waals surface area contributed by atoms with Crippen molar-refractivity contribution in [3.63, 3.8) is 0 Å². The van der Waals surface area contributed by atoms with Gasteiger partial charge in [-0.1, -0.05) is 13.0 Å². The molecule has 31 heavy (non-hydrogen) atoms. The van der Waals surface area contributed by atoms with E-state index < -0.39 is 0 Å². The summed E-state index contributed by atoms with van der Waals surface area (Å²) in [7, 11) is 1.62. The van der Waals surface area contributed by atoms with Crippen molar-refractivity contribution in [3.8, 4) is 0 Å². The van der Waals surface area contributed by atoms with Crippen molar-refractivity contribution in [1.82, 2.24) is 20.2 Å². The van der Waals surface area contributed by atoms with Crippen LogP contribution in [0.1, 0.15) is 59.5 Å². The maximum absolute atomic E-state index is 12.2. The summed E-state index contributed by atoms with van der Waals surface area (Å²) < 4.78 is 0. The lowest BCUT2D eigenvalue weighted by Gasteiger charge is -2.39. The van der Waals surface area contributed by atoms with Gasteiger partial charge in [0.15, 0.2) is 0 Å². The SMILES string of the molecule is CCc1ccc([C@@H]2CC[C@H](N3CCN(c4ccc(C(=O)NC)nc4C)CC3)C2)[nH]c1=O. The van der Waals surface area contributed by atoms with E-state index in [-0.39, 0.29) is 11.5 Å². The topological polar surface area (TPSA) is 81.3 Å². The summed E-state index contributed by atoms with van der Waals surface area (Å²) in [5.41, 5.74) is 4.51. The van der Waals surface area contributed by atoms with Crippen molar-refractivity contribution in [3.05, 3.63) is 57.3 Å². The minimum Gasteiger partial charge on any atom is -0.368 e. The number of nitrogens with one attached hydrogen (secondary N) is 2. The average Bonchev–Trinajstić information content (AvgIpc) is 3.29. The molecule has 2 N–H and O–H groups in total. The number of rotatable bonds is 5. The highest BCUT2D eigenvalue weighted by Crippen LogP contribution is 2.36. The van der Waals surface area contributed by atoms with Gasteiger partial charge < -0.3 is 15.2 Å². The van der Waals surface area contributed by atoms with E-state index in [1.807, 2.05) is 26.0 Å². The first-order valence-electron chi connectivity index (χ1n) is 11.4. The monoisotopic (exact) mass is 423 g/mol. The Kier molecular flexibility index (Phi) is 6.41. The van der Waals surface area contributed by atoms with Crippen molar-refractivity contribution in [1.29, 1.82) is 0 Å². The zero-order valence-corrected chi connectivity index (χ0v) is 18.8. The third-order valence-electron chi connectivity index (χ3n) is 6.93. The van der Waals surface area contributed by atoms with Crippen LogP contribution in [0, 0.1) is 6.92 Å².